The summed E-state index contributed by atoms with van der Waals surface area (Å²) in [6.45, 7) is 0.277. The lowest BCUT2D eigenvalue weighted by Crippen LogP contribution is -2.02. The molecular formula is C14H11ClFNO2. The molecule has 0 aliphatic rings. The van der Waals surface area contributed by atoms with Crippen molar-refractivity contribution < 1.29 is 14.3 Å². The van der Waals surface area contributed by atoms with Crippen molar-refractivity contribution in [3.05, 3.63) is 64.4 Å². The number of carboxylic acid groups (broad SMARTS) is 1. The molecule has 0 atom stereocenters. The number of anilines is 1. The van der Waals surface area contributed by atoms with Crippen molar-refractivity contribution in [2.75, 3.05) is 5.32 Å². The van der Waals surface area contributed by atoms with Crippen molar-refractivity contribution in [1.29, 1.82) is 0 Å². The van der Waals surface area contributed by atoms with E-state index in [1.54, 1.807) is 18.2 Å². The number of halogens is 2. The minimum absolute atomic E-state index is 0.208. The molecule has 0 aliphatic heterocycles. The third kappa shape index (κ3) is 3.45. The molecule has 0 saturated carbocycles. The van der Waals surface area contributed by atoms with Gasteiger partial charge in [0.2, 0.25) is 0 Å². The Morgan fingerprint density at radius 2 is 1.89 bits per heavy atom. The average molecular weight is 280 g/mol. The van der Waals surface area contributed by atoms with Gasteiger partial charge in [0.05, 0.1) is 5.56 Å². The Labute approximate surface area is 114 Å². The number of benzene rings is 2. The van der Waals surface area contributed by atoms with Gasteiger partial charge in [-0.25, -0.2) is 9.18 Å². The first kappa shape index (κ1) is 13.4. The summed E-state index contributed by atoms with van der Waals surface area (Å²) in [5, 5.41) is 12.2. The Morgan fingerprint density at radius 1 is 1.21 bits per heavy atom. The fourth-order valence-electron chi connectivity index (χ4n) is 1.61. The average Bonchev–Trinajstić information content (AvgIpc) is 2.40. The lowest BCUT2D eigenvalue weighted by Gasteiger charge is -2.08. The van der Waals surface area contributed by atoms with Crippen molar-refractivity contribution in [2.45, 2.75) is 6.54 Å². The summed E-state index contributed by atoms with van der Waals surface area (Å²) in [5.74, 6) is -1.31. The molecule has 0 aliphatic carbocycles. The summed E-state index contributed by atoms with van der Waals surface area (Å²) in [6.07, 6.45) is 0. The van der Waals surface area contributed by atoms with Crippen molar-refractivity contribution in [3.8, 4) is 0 Å². The minimum atomic E-state index is -0.979. The highest BCUT2D eigenvalue weighted by Gasteiger charge is 2.04. The van der Waals surface area contributed by atoms with Crippen LogP contribution in [0.15, 0.2) is 42.5 Å². The number of carboxylic acids is 1. The van der Waals surface area contributed by atoms with Gasteiger partial charge in [0.1, 0.15) is 5.82 Å². The molecule has 0 unspecified atom stereocenters. The van der Waals surface area contributed by atoms with Crippen molar-refractivity contribution >= 4 is 23.3 Å². The van der Waals surface area contributed by atoms with Crippen LogP contribution in [-0.4, -0.2) is 11.1 Å². The van der Waals surface area contributed by atoms with E-state index in [2.05, 4.69) is 5.32 Å². The first-order valence-corrected chi connectivity index (χ1v) is 5.95. The van der Waals surface area contributed by atoms with Crippen molar-refractivity contribution in [1.82, 2.24) is 0 Å². The van der Waals surface area contributed by atoms with Crippen LogP contribution in [-0.2, 0) is 6.54 Å². The SMILES string of the molecule is O=C(O)c1ccc(NCc2cc(Cl)ccc2F)cc1. The van der Waals surface area contributed by atoms with E-state index >= 15 is 0 Å². The maximum absolute atomic E-state index is 13.5. The molecule has 2 aromatic rings. The smallest absolute Gasteiger partial charge is 0.335 e. The van der Waals surface area contributed by atoms with E-state index in [1.165, 1.54) is 24.3 Å². The number of carbonyl (C=O) groups is 1. The standard InChI is InChI=1S/C14H11ClFNO2/c15-11-3-6-13(16)10(7-11)8-17-12-4-1-9(2-5-12)14(18)19/h1-7,17H,8H2,(H,18,19). The molecule has 0 aromatic heterocycles. The van der Waals surface area contributed by atoms with Crippen LogP contribution in [0.3, 0.4) is 0 Å². The van der Waals surface area contributed by atoms with Crippen LogP contribution >= 0.6 is 11.6 Å². The Balaban J connectivity index is 2.06. The molecule has 0 saturated heterocycles. The normalized spacial score (nSPS) is 10.2. The highest BCUT2D eigenvalue weighted by molar-refractivity contribution is 6.30. The number of nitrogens with one attached hydrogen (secondary N) is 1. The second-order valence-electron chi connectivity index (χ2n) is 3.97. The third-order valence-corrected chi connectivity index (χ3v) is 2.86. The molecule has 0 spiro atoms. The molecular weight excluding hydrogens is 269 g/mol. The number of hydrogen-bond acceptors (Lipinski definition) is 2. The zero-order chi connectivity index (χ0) is 13.8. The van der Waals surface area contributed by atoms with E-state index in [1.807, 2.05) is 0 Å². The molecule has 0 fully saturated rings. The molecule has 19 heavy (non-hydrogen) atoms. The maximum Gasteiger partial charge on any atom is 0.335 e. The van der Waals surface area contributed by atoms with Gasteiger partial charge in [-0.05, 0) is 42.5 Å². The fourth-order valence-corrected chi connectivity index (χ4v) is 1.80. The third-order valence-electron chi connectivity index (χ3n) is 2.62. The molecule has 2 aromatic carbocycles. The highest BCUT2D eigenvalue weighted by Crippen LogP contribution is 2.17. The van der Waals surface area contributed by atoms with Crippen LogP contribution in [0.25, 0.3) is 0 Å². The molecule has 2 N–H and O–H groups in total. The summed E-state index contributed by atoms with van der Waals surface area (Å²) in [7, 11) is 0. The Hall–Kier alpha value is -2.07. The van der Waals surface area contributed by atoms with Gasteiger partial charge in [0.25, 0.3) is 0 Å². The van der Waals surface area contributed by atoms with Crippen LogP contribution in [0.4, 0.5) is 10.1 Å². The Kier molecular flexibility index (Phi) is 4.02. The van der Waals surface area contributed by atoms with E-state index < -0.39 is 5.97 Å². The molecule has 0 amide bonds. The van der Waals surface area contributed by atoms with E-state index in [0.717, 1.165) is 0 Å². The Bertz CT molecular complexity index is 599. The summed E-state index contributed by atoms with van der Waals surface area (Å²) in [6, 6.07) is 10.6. The zero-order valence-corrected chi connectivity index (χ0v) is 10.6. The summed E-state index contributed by atoms with van der Waals surface area (Å²) in [4.78, 5) is 10.7. The van der Waals surface area contributed by atoms with Gasteiger partial charge in [-0.15, -0.1) is 0 Å². The van der Waals surface area contributed by atoms with Gasteiger partial charge in [-0.1, -0.05) is 11.6 Å². The first-order valence-electron chi connectivity index (χ1n) is 5.57. The minimum Gasteiger partial charge on any atom is -0.478 e. The topological polar surface area (TPSA) is 49.3 Å². The molecule has 0 heterocycles. The van der Waals surface area contributed by atoms with Gasteiger partial charge >= 0.3 is 5.97 Å². The quantitative estimate of drug-likeness (QED) is 0.895. The van der Waals surface area contributed by atoms with Crippen LogP contribution in [0.5, 0.6) is 0 Å². The zero-order valence-electron chi connectivity index (χ0n) is 9.86. The molecule has 5 heteroatoms. The van der Waals surface area contributed by atoms with Crippen molar-refractivity contribution in [3.63, 3.8) is 0 Å². The lowest BCUT2D eigenvalue weighted by atomic mass is 10.2. The van der Waals surface area contributed by atoms with Gasteiger partial charge in [0, 0.05) is 22.8 Å². The van der Waals surface area contributed by atoms with Crippen LogP contribution in [0.2, 0.25) is 5.02 Å². The van der Waals surface area contributed by atoms with E-state index in [9.17, 15) is 9.18 Å². The number of rotatable bonds is 4. The van der Waals surface area contributed by atoms with E-state index in [-0.39, 0.29) is 17.9 Å². The largest absolute Gasteiger partial charge is 0.478 e. The second kappa shape index (κ2) is 5.71. The van der Waals surface area contributed by atoms with Gasteiger partial charge in [-0.3, -0.25) is 0 Å². The molecule has 0 bridgehead atoms. The van der Waals surface area contributed by atoms with Crippen molar-refractivity contribution in [2.24, 2.45) is 0 Å². The van der Waals surface area contributed by atoms with Gasteiger partial charge in [-0.2, -0.15) is 0 Å². The monoisotopic (exact) mass is 279 g/mol. The molecule has 98 valence electrons. The van der Waals surface area contributed by atoms with E-state index in [0.29, 0.717) is 16.3 Å². The predicted molar refractivity (Wildman–Crippen MR) is 72.1 cm³/mol. The number of hydrogen-bond donors (Lipinski definition) is 2. The van der Waals surface area contributed by atoms with Crippen LogP contribution in [0, 0.1) is 5.82 Å². The fraction of sp³-hybridized carbons (Fsp3) is 0.0714. The molecule has 0 radical (unpaired) electrons. The maximum atomic E-state index is 13.5. The van der Waals surface area contributed by atoms with Gasteiger partial charge < -0.3 is 10.4 Å². The summed E-state index contributed by atoms with van der Waals surface area (Å²) >= 11 is 5.79. The summed E-state index contributed by atoms with van der Waals surface area (Å²) in [5.41, 5.74) is 1.37. The molecule has 2 rings (SSSR count). The lowest BCUT2D eigenvalue weighted by molar-refractivity contribution is 0.0697. The van der Waals surface area contributed by atoms with Crippen LogP contribution < -0.4 is 5.32 Å². The van der Waals surface area contributed by atoms with Gasteiger partial charge in [0.15, 0.2) is 0 Å². The predicted octanol–water partition coefficient (Wildman–Crippen LogP) is 3.79. The first-order chi connectivity index (χ1) is 9.06. The second-order valence-corrected chi connectivity index (χ2v) is 4.41. The summed E-state index contributed by atoms with van der Waals surface area (Å²) < 4.78 is 13.5. The van der Waals surface area contributed by atoms with Crippen LogP contribution in [0.1, 0.15) is 15.9 Å². The Morgan fingerprint density at radius 3 is 2.53 bits per heavy atom. The molecule has 3 nitrogen and oxygen atoms in total. The number of aromatic carboxylic acids is 1. The highest BCUT2D eigenvalue weighted by atomic mass is 35.5. The van der Waals surface area contributed by atoms with E-state index in [4.69, 9.17) is 16.7 Å².